The van der Waals surface area contributed by atoms with E-state index in [1.807, 2.05) is 32.0 Å². The molecule has 1 aliphatic rings. The Morgan fingerprint density at radius 2 is 1.92 bits per heavy atom. The molecule has 2 heterocycles. The van der Waals surface area contributed by atoms with Crippen LogP contribution in [-0.4, -0.2) is 28.7 Å². The van der Waals surface area contributed by atoms with Gasteiger partial charge in [0.2, 0.25) is 5.91 Å². The predicted octanol–water partition coefficient (Wildman–Crippen LogP) is 3.41. The molecule has 26 heavy (non-hydrogen) atoms. The molecule has 1 aliphatic heterocycles. The summed E-state index contributed by atoms with van der Waals surface area (Å²) >= 11 is 0. The normalized spacial score (nSPS) is 18.7. The van der Waals surface area contributed by atoms with Crippen molar-refractivity contribution < 1.29 is 4.79 Å². The molecule has 0 radical (unpaired) electrons. The lowest BCUT2D eigenvalue weighted by molar-refractivity contribution is -0.122. The van der Waals surface area contributed by atoms with Gasteiger partial charge in [-0.25, -0.2) is 0 Å². The summed E-state index contributed by atoms with van der Waals surface area (Å²) in [5, 5.41) is 13.7. The fourth-order valence-electron chi connectivity index (χ4n) is 3.44. The van der Waals surface area contributed by atoms with Crippen LogP contribution in [0.15, 0.2) is 30.3 Å². The first-order valence-corrected chi connectivity index (χ1v) is 8.74. The molecule has 0 aliphatic carbocycles. The Morgan fingerprint density at radius 3 is 2.58 bits per heavy atom. The van der Waals surface area contributed by atoms with Crippen LogP contribution in [0.4, 0.5) is 0 Å². The van der Waals surface area contributed by atoms with Crippen LogP contribution in [0.25, 0.3) is 0 Å². The van der Waals surface area contributed by atoms with Gasteiger partial charge in [-0.1, -0.05) is 30.3 Å². The molecule has 1 aromatic heterocycles. The van der Waals surface area contributed by atoms with E-state index in [4.69, 9.17) is 0 Å². The molecule has 0 bridgehead atoms. The standard InChI is InChI=1S/C19H26N4O.2ClH/c1-13-16(14(2)23-22-13)9-6-12-20-19(24)18-11-10-17(21-18)15-7-4-3-5-8-15;;/h3-5,7-8,17-18,21H,6,9-12H2,1-2H3,(H,20,24)(H,22,23);2*1H/t17-,18-;;/m1../s1. The van der Waals surface area contributed by atoms with Crippen molar-refractivity contribution in [3.63, 3.8) is 0 Å². The molecular weight excluding hydrogens is 371 g/mol. The van der Waals surface area contributed by atoms with Crippen molar-refractivity contribution in [2.24, 2.45) is 0 Å². The third-order valence-electron chi connectivity index (χ3n) is 4.85. The molecule has 1 fully saturated rings. The lowest BCUT2D eigenvalue weighted by Crippen LogP contribution is -2.41. The third kappa shape index (κ3) is 5.47. The van der Waals surface area contributed by atoms with E-state index in [-0.39, 0.29) is 42.8 Å². The molecule has 0 saturated carbocycles. The maximum atomic E-state index is 12.3. The van der Waals surface area contributed by atoms with Crippen LogP contribution in [0.1, 0.15) is 47.8 Å². The van der Waals surface area contributed by atoms with Gasteiger partial charge in [-0.15, -0.1) is 24.8 Å². The molecule has 3 N–H and O–H groups in total. The molecule has 5 nitrogen and oxygen atoms in total. The number of benzene rings is 1. The Labute approximate surface area is 167 Å². The summed E-state index contributed by atoms with van der Waals surface area (Å²) in [4.78, 5) is 12.3. The Morgan fingerprint density at radius 1 is 1.19 bits per heavy atom. The number of aryl methyl sites for hydroxylation is 2. The van der Waals surface area contributed by atoms with Crippen LogP contribution in [-0.2, 0) is 11.2 Å². The highest BCUT2D eigenvalue weighted by Crippen LogP contribution is 2.26. The highest BCUT2D eigenvalue weighted by atomic mass is 35.5. The second-order valence-electron chi connectivity index (χ2n) is 6.57. The summed E-state index contributed by atoms with van der Waals surface area (Å²) in [5.41, 5.74) is 4.72. The Bertz CT molecular complexity index is 671. The SMILES string of the molecule is Cc1n[nH]c(C)c1CCCNC(=O)[C@H]1CC[C@H](c2ccccc2)N1.Cl.Cl. The number of hydrogen-bond donors (Lipinski definition) is 3. The van der Waals surface area contributed by atoms with Crippen LogP contribution in [0.5, 0.6) is 0 Å². The van der Waals surface area contributed by atoms with Gasteiger partial charge in [0.25, 0.3) is 0 Å². The van der Waals surface area contributed by atoms with Gasteiger partial charge < -0.3 is 5.32 Å². The molecule has 144 valence electrons. The van der Waals surface area contributed by atoms with Crippen LogP contribution < -0.4 is 10.6 Å². The van der Waals surface area contributed by atoms with Crippen molar-refractivity contribution in [2.75, 3.05) is 6.54 Å². The number of halogens is 2. The van der Waals surface area contributed by atoms with E-state index in [9.17, 15) is 4.79 Å². The zero-order valence-corrected chi connectivity index (χ0v) is 16.9. The van der Waals surface area contributed by atoms with Crippen LogP contribution in [0.2, 0.25) is 0 Å². The van der Waals surface area contributed by atoms with E-state index in [0.29, 0.717) is 6.54 Å². The molecule has 0 unspecified atom stereocenters. The molecule has 2 aromatic rings. The molecule has 1 saturated heterocycles. The summed E-state index contributed by atoms with van der Waals surface area (Å²) < 4.78 is 0. The molecule has 0 spiro atoms. The number of H-pyrrole nitrogens is 1. The van der Waals surface area contributed by atoms with Crippen molar-refractivity contribution in [3.8, 4) is 0 Å². The van der Waals surface area contributed by atoms with Gasteiger partial charge in [0.05, 0.1) is 11.7 Å². The van der Waals surface area contributed by atoms with Gasteiger partial charge in [0.1, 0.15) is 0 Å². The van der Waals surface area contributed by atoms with E-state index in [1.165, 1.54) is 11.1 Å². The molecule has 1 aromatic carbocycles. The van der Waals surface area contributed by atoms with Crippen molar-refractivity contribution >= 4 is 30.7 Å². The number of carbonyl (C=O) groups is 1. The first-order chi connectivity index (χ1) is 11.6. The molecular formula is C19H28Cl2N4O. The van der Waals surface area contributed by atoms with E-state index >= 15 is 0 Å². The topological polar surface area (TPSA) is 69.8 Å². The lowest BCUT2D eigenvalue weighted by Gasteiger charge is -2.15. The number of nitrogens with one attached hydrogen (secondary N) is 3. The van der Waals surface area contributed by atoms with Gasteiger partial charge in [-0.3, -0.25) is 15.2 Å². The molecule has 1 amide bonds. The summed E-state index contributed by atoms with van der Waals surface area (Å²) in [7, 11) is 0. The summed E-state index contributed by atoms with van der Waals surface area (Å²) in [5.74, 6) is 0.120. The van der Waals surface area contributed by atoms with Gasteiger partial charge >= 0.3 is 0 Å². The molecule has 7 heteroatoms. The van der Waals surface area contributed by atoms with Crippen LogP contribution in [0.3, 0.4) is 0 Å². The number of carbonyl (C=O) groups excluding carboxylic acids is 1. The minimum Gasteiger partial charge on any atom is -0.355 e. The van der Waals surface area contributed by atoms with Gasteiger partial charge in [0, 0.05) is 18.3 Å². The van der Waals surface area contributed by atoms with Crippen molar-refractivity contribution in [2.45, 2.75) is 51.6 Å². The maximum absolute atomic E-state index is 12.3. The predicted molar refractivity (Wildman–Crippen MR) is 109 cm³/mol. The smallest absolute Gasteiger partial charge is 0.237 e. The van der Waals surface area contributed by atoms with Gasteiger partial charge in [-0.2, -0.15) is 5.10 Å². The monoisotopic (exact) mass is 398 g/mol. The lowest BCUT2D eigenvalue weighted by atomic mass is 10.1. The number of amides is 1. The second kappa shape index (κ2) is 10.6. The summed E-state index contributed by atoms with van der Waals surface area (Å²) in [6.45, 7) is 4.76. The first kappa shape index (κ1) is 22.5. The Balaban J connectivity index is 0.00000169. The number of aromatic nitrogens is 2. The fourth-order valence-corrected chi connectivity index (χ4v) is 3.44. The van der Waals surface area contributed by atoms with Crippen molar-refractivity contribution in [1.82, 2.24) is 20.8 Å². The van der Waals surface area contributed by atoms with Crippen molar-refractivity contribution in [1.29, 1.82) is 0 Å². The van der Waals surface area contributed by atoms with E-state index in [2.05, 4.69) is 33.0 Å². The van der Waals surface area contributed by atoms with E-state index in [1.54, 1.807) is 0 Å². The first-order valence-electron chi connectivity index (χ1n) is 8.74. The van der Waals surface area contributed by atoms with Crippen molar-refractivity contribution in [3.05, 3.63) is 52.8 Å². The number of nitrogens with zero attached hydrogens (tertiary/aromatic N) is 1. The molecule has 3 rings (SSSR count). The zero-order chi connectivity index (χ0) is 16.9. The third-order valence-corrected chi connectivity index (χ3v) is 4.85. The number of aromatic amines is 1. The summed E-state index contributed by atoms with van der Waals surface area (Å²) in [6.07, 6.45) is 3.78. The number of rotatable bonds is 6. The molecule has 2 atom stereocenters. The zero-order valence-electron chi connectivity index (χ0n) is 15.2. The average molecular weight is 399 g/mol. The van der Waals surface area contributed by atoms with E-state index < -0.39 is 0 Å². The largest absolute Gasteiger partial charge is 0.355 e. The minimum absolute atomic E-state index is 0. The van der Waals surface area contributed by atoms with Crippen LogP contribution >= 0.6 is 24.8 Å². The fraction of sp³-hybridized carbons (Fsp3) is 0.474. The quantitative estimate of drug-likeness (QED) is 0.652. The highest BCUT2D eigenvalue weighted by Gasteiger charge is 2.29. The van der Waals surface area contributed by atoms with Crippen LogP contribution in [0, 0.1) is 13.8 Å². The van der Waals surface area contributed by atoms with E-state index in [0.717, 1.165) is 37.1 Å². The second-order valence-corrected chi connectivity index (χ2v) is 6.57. The maximum Gasteiger partial charge on any atom is 0.237 e. The average Bonchev–Trinajstić information content (AvgIpc) is 3.21. The highest BCUT2D eigenvalue weighted by molar-refractivity contribution is 5.85. The van der Waals surface area contributed by atoms with Gasteiger partial charge in [0.15, 0.2) is 0 Å². The number of hydrogen-bond acceptors (Lipinski definition) is 3. The minimum atomic E-state index is -0.0763. The Hall–Kier alpha value is -1.56. The Kier molecular flexibility index (Phi) is 9.13. The summed E-state index contributed by atoms with van der Waals surface area (Å²) in [6, 6.07) is 10.6. The van der Waals surface area contributed by atoms with Gasteiger partial charge in [-0.05, 0) is 50.7 Å².